The number of alkyl carbamates (subject to hydrolysis) is 1. The van der Waals surface area contributed by atoms with Crippen LogP contribution in [0.1, 0.15) is 93.1 Å². The molecule has 17 heteroatoms. The van der Waals surface area contributed by atoms with Crippen molar-refractivity contribution < 1.29 is 68.4 Å². The van der Waals surface area contributed by atoms with Crippen molar-refractivity contribution in [3.8, 4) is 0 Å². The zero-order valence-corrected chi connectivity index (χ0v) is 37.1. The van der Waals surface area contributed by atoms with Crippen molar-refractivity contribution in [2.24, 2.45) is 17.8 Å². The fraction of sp³-hybridized carbons (Fsp3) is 0.767. The monoisotopic (exact) mass is 853 g/mol. The summed E-state index contributed by atoms with van der Waals surface area (Å²) in [6.07, 6.45) is -8.90. The SMILES string of the molecule is CC[C@H]1OC(=O)[C@H](C)[C@@H](O)[C@H](C)[C@@H](O[C@@H]2O[C@H](C)C[C@H](N(C)C)[C@H]2OC(=O)CC[C@@H](NC(=O)OCc2ccccc2)C(=O)O)[C@](C)(O)C[C@@H](C)CN(C)[C@H](C)[C@@H](O)[C@]1(C)O. The van der Waals surface area contributed by atoms with Gasteiger partial charge in [-0.05, 0) is 92.9 Å². The van der Waals surface area contributed by atoms with Crippen LogP contribution in [-0.4, -0.2) is 159 Å². The van der Waals surface area contributed by atoms with Gasteiger partial charge < -0.3 is 64.3 Å². The van der Waals surface area contributed by atoms with Crippen LogP contribution >= 0.6 is 0 Å². The maximum Gasteiger partial charge on any atom is 0.408 e. The summed E-state index contributed by atoms with van der Waals surface area (Å²) < 4.78 is 29.9. The third-order valence-corrected chi connectivity index (χ3v) is 12.1. The number of carbonyl (C=O) groups excluding carboxylic acids is 3. The number of hydrogen-bond acceptors (Lipinski definition) is 15. The van der Waals surface area contributed by atoms with E-state index in [9.17, 15) is 44.7 Å². The van der Waals surface area contributed by atoms with Crippen LogP contribution < -0.4 is 5.32 Å². The van der Waals surface area contributed by atoms with E-state index in [-0.39, 0.29) is 31.8 Å². The molecule has 15 atom stereocenters. The Morgan fingerprint density at radius 1 is 1.05 bits per heavy atom. The molecular formula is C43H71N3O14. The summed E-state index contributed by atoms with van der Waals surface area (Å²) in [5.74, 6) is -5.35. The molecule has 3 rings (SSSR count). The minimum atomic E-state index is -1.83. The van der Waals surface area contributed by atoms with Gasteiger partial charge in [-0.3, -0.25) is 9.59 Å². The second-order valence-corrected chi connectivity index (χ2v) is 17.7. The van der Waals surface area contributed by atoms with Gasteiger partial charge in [-0.25, -0.2) is 9.59 Å². The van der Waals surface area contributed by atoms with E-state index >= 15 is 0 Å². The van der Waals surface area contributed by atoms with Gasteiger partial charge in [0.25, 0.3) is 0 Å². The molecule has 0 saturated carbocycles. The first kappa shape index (κ1) is 50.9. The lowest BCUT2D eigenvalue weighted by atomic mass is 9.78. The average molecular weight is 854 g/mol. The Bertz CT molecular complexity index is 1550. The number of rotatable bonds is 12. The van der Waals surface area contributed by atoms with Crippen molar-refractivity contribution in [3.05, 3.63) is 35.9 Å². The van der Waals surface area contributed by atoms with Gasteiger partial charge in [0.1, 0.15) is 30.5 Å². The van der Waals surface area contributed by atoms with Crippen LogP contribution in [0.2, 0.25) is 0 Å². The number of likely N-dealkylation sites (N-methyl/N-ethyl adjacent to an activating group) is 2. The van der Waals surface area contributed by atoms with Gasteiger partial charge in [0.15, 0.2) is 12.4 Å². The molecule has 0 spiro atoms. The van der Waals surface area contributed by atoms with Crippen LogP contribution in [0, 0.1) is 17.8 Å². The molecule has 0 aromatic heterocycles. The number of benzene rings is 1. The Balaban J connectivity index is 1.91. The number of nitrogens with zero attached hydrogens (tertiary/aromatic N) is 2. The van der Waals surface area contributed by atoms with Crippen molar-refractivity contribution in [2.75, 3.05) is 27.7 Å². The minimum Gasteiger partial charge on any atom is -0.480 e. The largest absolute Gasteiger partial charge is 0.480 e. The number of hydrogen-bond donors (Lipinski definition) is 6. The molecule has 2 saturated heterocycles. The lowest BCUT2D eigenvalue weighted by Gasteiger charge is -2.47. The van der Waals surface area contributed by atoms with Crippen molar-refractivity contribution in [3.63, 3.8) is 0 Å². The molecular weight excluding hydrogens is 782 g/mol. The van der Waals surface area contributed by atoms with Crippen LogP contribution in [0.25, 0.3) is 0 Å². The third kappa shape index (κ3) is 13.5. The van der Waals surface area contributed by atoms with E-state index in [0.29, 0.717) is 18.5 Å². The number of nitrogens with one attached hydrogen (secondary N) is 1. The zero-order chi connectivity index (χ0) is 45.3. The van der Waals surface area contributed by atoms with Crippen LogP contribution in [0.5, 0.6) is 0 Å². The Hall–Kier alpha value is -3.42. The summed E-state index contributed by atoms with van der Waals surface area (Å²) in [5.41, 5.74) is -2.82. The molecule has 2 fully saturated rings. The van der Waals surface area contributed by atoms with Crippen molar-refractivity contribution in [2.45, 2.75) is 166 Å². The summed E-state index contributed by atoms with van der Waals surface area (Å²) in [4.78, 5) is 55.4. The fourth-order valence-corrected chi connectivity index (χ4v) is 8.49. The van der Waals surface area contributed by atoms with E-state index in [1.165, 1.54) is 13.8 Å². The predicted molar refractivity (Wildman–Crippen MR) is 219 cm³/mol. The number of amides is 1. The molecule has 60 heavy (non-hydrogen) atoms. The van der Waals surface area contributed by atoms with Gasteiger partial charge in [0.2, 0.25) is 0 Å². The van der Waals surface area contributed by atoms with Crippen molar-refractivity contribution >= 4 is 24.0 Å². The van der Waals surface area contributed by atoms with E-state index < -0.39 is 114 Å². The van der Waals surface area contributed by atoms with Crippen LogP contribution in [0.4, 0.5) is 4.79 Å². The van der Waals surface area contributed by atoms with Gasteiger partial charge in [-0.2, -0.15) is 0 Å². The molecule has 1 aromatic carbocycles. The van der Waals surface area contributed by atoms with Crippen molar-refractivity contribution in [1.82, 2.24) is 15.1 Å². The number of carboxylic acids is 1. The standard InChI is InChI=1S/C43H71N3O14/c1-12-32-43(8,55)36(49)28(6)46(11)22-24(2)21-42(7,54)37(26(4)34(48)27(5)39(52)58-32)60-40-35(31(45(9)10)20-25(3)57-40)59-33(47)19-18-30(38(50)51)44-41(53)56-23-29-16-14-13-15-17-29/h13-17,24-28,30-32,34-37,40,48-49,54-55H,12,18-23H2,1-11H3,(H,44,53)(H,50,51)/t24-,25-,26+,27-,28-,30-,31+,32-,34+,35-,36-,37-,40+,42-,43-/m1/s1. The van der Waals surface area contributed by atoms with Gasteiger partial charge >= 0.3 is 24.0 Å². The smallest absolute Gasteiger partial charge is 0.408 e. The molecule has 6 N–H and O–H groups in total. The molecule has 342 valence electrons. The fourth-order valence-electron chi connectivity index (χ4n) is 8.49. The lowest BCUT2D eigenvalue weighted by molar-refractivity contribution is -0.301. The molecule has 0 aliphatic carbocycles. The number of aliphatic hydroxyl groups is 4. The number of aliphatic hydroxyl groups excluding tert-OH is 2. The van der Waals surface area contributed by atoms with Crippen LogP contribution in [0.3, 0.4) is 0 Å². The summed E-state index contributed by atoms with van der Waals surface area (Å²) >= 11 is 0. The van der Waals surface area contributed by atoms with Crippen LogP contribution in [-0.2, 0) is 44.7 Å². The Kier molecular flexibility index (Phi) is 18.7. The Morgan fingerprint density at radius 3 is 2.27 bits per heavy atom. The van der Waals surface area contributed by atoms with E-state index in [0.717, 1.165) is 0 Å². The summed E-state index contributed by atoms with van der Waals surface area (Å²) in [6.45, 7) is 13.6. The molecule has 0 bridgehead atoms. The molecule has 0 unspecified atom stereocenters. The van der Waals surface area contributed by atoms with E-state index in [1.807, 2.05) is 23.6 Å². The number of carbonyl (C=O) groups is 4. The normalized spacial score (nSPS) is 36.9. The van der Waals surface area contributed by atoms with E-state index in [1.54, 1.807) is 79.2 Å². The van der Waals surface area contributed by atoms with Gasteiger partial charge in [0.05, 0.1) is 35.9 Å². The maximum atomic E-state index is 13.6. The Morgan fingerprint density at radius 2 is 1.68 bits per heavy atom. The quantitative estimate of drug-likeness (QED) is 0.131. The molecule has 2 heterocycles. The second kappa shape index (κ2) is 22.1. The Labute approximate surface area is 354 Å². The van der Waals surface area contributed by atoms with Crippen LogP contribution in [0.15, 0.2) is 30.3 Å². The lowest BCUT2D eigenvalue weighted by Crippen LogP contribution is -2.60. The topological polar surface area (TPSA) is 234 Å². The molecule has 2 aliphatic heterocycles. The first-order chi connectivity index (χ1) is 27.9. The third-order valence-electron chi connectivity index (χ3n) is 12.1. The highest BCUT2D eigenvalue weighted by Crippen LogP contribution is 2.37. The minimum absolute atomic E-state index is 0.0805. The average Bonchev–Trinajstić information content (AvgIpc) is 3.18. The first-order valence-electron chi connectivity index (χ1n) is 21.0. The number of cyclic esters (lactones) is 1. The highest BCUT2D eigenvalue weighted by atomic mass is 16.7. The highest BCUT2D eigenvalue weighted by molar-refractivity contribution is 5.80. The summed E-state index contributed by atoms with van der Waals surface area (Å²) in [5, 5.41) is 59.1. The number of ether oxygens (including phenoxy) is 5. The number of carboxylic acid groups (broad SMARTS) is 1. The van der Waals surface area contributed by atoms with E-state index in [2.05, 4.69) is 5.32 Å². The molecule has 17 nitrogen and oxygen atoms in total. The van der Waals surface area contributed by atoms with Gasteiger partial charge in [0, 0.05) is 24.9 Å². The number of esters is 2. The summed E-state index contributed by atoms with van der Waals surface area (Å²) in [6, 6.07) is 6.32. The van der Waals surface area contributed by atoms with E-state index in [4.69, 9.17) is 23.7 Å². The van der Waals surface area contributed by atoms with Crippen molar-refractivity contribution in [1.29, 1.82) is 0 Å². The van der Waals surface area contributed by atoms with Gasteiger partial charge in [-0.15, -0.1) is 0 Å². The zero-order valence-electron chi connectivity index (χ0n) is 37.1. The first-order valence-corrected chi connectivity index (χ1v) is 21.0. The van der Waals surface area contributed by atoms with Gasteiger partial charge in [-0.1, -0.05) is 51.1 Å². The second-order valence-electron chi connectivity index (χ2n) is 17.7. The molecule has 2 aliphatic rings. The number of aliphatic carboxylic acids is 1. The molecule has 0 radical (unpaired) electrons. The summed E-state index contributed by atoms with van der Waals surface area (Å²) in [7, 11) is 5.37. The maximum absolute atomic E-state index is 13.6. The highest BCUT2D eigenvalue weighted by Gasteiger charge is 2.51. The molecule has 1 aromatic rings. The molecule has 1 amide bonds. The predicted octanol–water partition coefficient (Wildman–Crippen LogP) is 2.69.